The van der Waals surface area contributed by atoms with E-state index in [9.17, 15) is 0 Å². The Bertz CT molecular complexity index is 860. The van der Waals surface area contributed by atoms with Crippen LogP contribution in [0.2, 0.25) is 0 Å². The van der Waals surface area contributed by atoms with Crippen molar-refractivity contribution in [1.29, 1.82) is 0 Å². The van der Waals surface area contributed by atoms with E-state index >= 15 is 0 Å². The fraction of sp³-hybridized carbons (Fsp3) is 0.190. The zero-order chi connectivity index (χ0) is 15.3. The summed E-state index contributed by atoms with van der Waals surface area (Å²) in [5.74, 6) is 0. The lowest BCUT2D eigenvalue weighted by Crippen LogP contribution is -2.16. The second kappa shape index (κ2) is 4.54. The summed E-state index contributed by atoms with van der Waals surface area (Å²) in [6.45, 7) is 6.87. The summed E-state index contributed by atoms with van der Waals surface area (Å²) < 4.78 is 0. The van der Waals surface area contributed by atoms with Crippen molar-refractivity contribution >= 4 is 0 Å². The summed E-state index contributed by atoms with van der Waals surface area (Å²) in [5, 5.41) is 0. The van der Waals surface area contributed by atoms with E-state index in [1.165, 1.54) is 38.9 Å². The van der Waals surface area contributed by atoms with E-state index < -0.39 is 0 Å². The standard InChI is InChI=1S/C21H19N/c1-14-10-11-16(15-7-6-12-22-13-15)20-19(14)17-8-4-5-9-18(17)21(20,2)3/h4-13H,1-3H3. The highest BCUT2D eigenvalue weighted by Gasteiger charge is 2.38. The molecule has 0 atom stereocenters. The lowest BCUT2D eigenvalue weighted by atomic mass is 9.78. The zero-order valence-corrected chi connectivity index (χ0v) is 13.2. The molecule has 0 bridgehead atoms. The molecule has 0 spiro atoms. The van der Waals surface area contributed by atoms with Crippen LogP contribution in [0.1, 0.15) is 30.5 Å². The van der Waals surface area contributed by atoms with E-state index in [4.69, 9.17) is 0 Å². The molecule has 4 rings (SSSR count). The third-order valence-corrected chi connectivity index (χ3v) is 4.88. The molecule has 0 saturated heterocycles. The van der Waals surface area contributed by atoms with Crippen LogP contribution >= 0.6 is 0 Å². The maximum atomic E-state index is 4.31. The van der Waals surface area contributed by atoms with Crippen LogP contribution in [0.4, 0.5) is 0 Å². The molecule has 1 aromatic heterocycles. The minimum atomic E-state index is 0.0170. The number of hydrogen-bond donors (Lipinski definition) is 0. The predicted octanol–water partition coefficient (Wildman–Crippen LogP) is 5.36. The Labute approximate surface area is 131 Å². The number of aryl methyl sites for hydroxylation is 1. The predicted molar refractivity (Wildman–Crippen MR) is 92.0 cm³/mol. The van der Waals surface area contributed by atoms with Gasteiger partial charge in [-0.1, -0.05) is 56.3 Å². The molecule has 0 amide bonds. The number of pyridine rings is 1. The molecule has 2 aromatic carbocycles. The Morgan fingerprint density at radius 2 is 1.68 bits per heavy atom. The summed E-state index contributed by atoms with van der Waals surface area (Å²) in [6.07, 6.45) is 3.79. The number of nitrogens with zero attached hydrogens (tertiary/aromatic N) is 1. The molecule has 1 nitrogen and oxygen atoms in total. The Hall–Kier alpha value is -2.41. The van der Waals surface area contributed by atoms with Gasteiger partial charge >= 0.3 is 0 Å². The maximum absolute atomic E-state index is 4.31. The number of rotatable bonds is 1. The second-order valence-corrected chi connectivity index (χ2v) is 6.59. The molecule has 0 radical (unpaired) electrons. The Balaban J connectivity index is 2.10. The number of fused-ring (bicyclic) bond motifs is 3. The molecule has 1 heteroatoms. The molecule has 0 unspecified atom stereocenters. The highest BCUT2D eigenvalue weighted by molar-refractivity contribution is 5.89. The summed E-state index contributed by atoms with van der Waals surface area (Å²) in [6, 6.07) is 17.4. The highest BCUT2D eigenvalue weighted by Crippen LogP contribution is 2.53. The quantitative estimate of drug-likeness (QED) is 0.586. The minimum Gasteiger partial charge on any atom is -0.264 e. The van der Waals surface area contributed by atoms with Gasteiger partial charge < -0.3 is 0 Å². The van der Waals surface area contributed by atoms with Crippen molar-refractivity contribution < 1.29 is 0 Å². The van der Waals surface area contributed by atoms with Crippen LogP contribution in [0.3, 0.4) is 0 Å². The average molecular weight is 285 g/mol. The first-order valence-electron chi connectivity index (χ1n) is 7.75. The van der Waals surface area contributed by atoms with Crippen molar-refractivity contribution in [2.24, 2.45) is 0 Å². The third-order valence-electron chi connectivity index (χ3n) is 4.88. The van der Waals surface area contributed by atoms with E-state index in [2.05, 4.69) is 68.2 Å². The molecule has 0 N–H and O–H groups in total. The molecule has 0 aliphatic heterocycles. The van der Waals surface area contributed by atoms with E-state index in [0.717, 1.165) is 0 Å². The maximum Gasteiger partial charge on any atom is 0.0346 e. The van der Waals surface area contributed by atoms with Crippen molar-refractivity contribution in [2.45, 2.75) is 26.2 Å². The molecule has 0 fully saturated rings. The first-order chi connectivity index (χ1) is 10.6. The van der Waals surface area contributed by atoms with Crippen LogP contribution < -0.4 is 0 Å². The third kappa shape index (κ3) is 1.69. The molecule has 3 aromatic rings. The van der Waals surface area contributed by atoms with Crippen LogP contribution in [0.15, 0.2) is 60.9 Å². The summed E-state index contributed by atoms with van der Waals surface area (Å²) in [4.78, 5) is 4.31. The van der Waals surface area contributed by atoms with Crippen molar-refractivity contribution in [3.63, 3.8) is 0 Å². The van der Waals surface area contributed by atoms with E-state index in [0.29, 0.717) is 0 Å². The van der Waals surface area contributed by atoms with Gasteiger partial charge in [0, 0.05) is 23.4 Å². The first-order valence-corrected chi connectivity index (χ1v) is 7.75. The summed E-state index contributed by atoms with van der Waals surface area (Å²) in [7, 11) is 0. The Morgan fingerprint density at radius 1 is 0.864 bits per heavy atom. The van der Waals surface area contributed by atoms with Crippen LogP contribution in [-0.4, -0.2) is 4.98 Å². The molecule has 1 aliphatic rings. The van der Waals surface area contributed by atoms with Crippen molar-refractivity contribution in [2.75, 3.05) is 0 Å². The monoisotopic (exact) mass is 285 g/mol. The van der Waals surface area contributed by atoms with Gasteiger partial charge in [0.25, 0.3) is 0 Å². The van der Waals surface area contributed by atoms with Gasteiger partial charge in [0.2, 0.25) is 0 Å². The van der Waals surface area contributed by atoms with Crippen molar-refractivity contribution in [3.05, 3.63) is 77.6 Å². The molecule has 22 heavy (non-hydrogen) atoms. The van der Waals surface area contributed by atoms with Crippen LogP contribution in [0, 0.1) is 6.92 Å². The van der Waals surface area contributed by atoms with Crippen LogP contribution in [-0.2, 0) is 5.41 Å². The van der Waals surface area contributed by atoms with E-state index in [1.54, 1.807) is 0 Å². The normalized spacial score (nSPS) is 14.5. The summed E-state index contributed by atoms with van der Waals surface area (Å²) in [5.41, 5.74) is 9.50. The second-order valence-electron chi connectivity index (χ2n) is 6.59. The zero-order valence-electron chi connectivity index (χ0n) is 13.2. The van der Waals surface area contributed by atoms with Crippen molar-refractivity contribution in [3.8, 4) is 22.3 Å². The summed E-state index contributed by atoms with van der Waals surface area (Å²) >= 11 is 0. The number of benzene rings is 2. The highest BCUT2D eigenvalue weighted by atomic mass is 14.6. The van der Waals surface area contributed by atoms with Gasteiger partial charge in [0.15, 0.2) is 0 Å². The molecule has 0 saturated carbocycles. The van der Waals surface area contributed by atoms with Crippen LogP contribution in [0.25, 0.3) is 22.3 Å². The van der Waals surface area contributed by atoms with Gasteiger partial charge in [-0.2, -0.15) is 0 Å². The van der Waals surface area contributed by atoms with Gasteiger partial charge in [-0.3, -0.25) is 4.98 Å². The number of aromatic nitrogens is 1. The largest absolute Gasteiger partial charge is 0.264 e. The Morgan fingerprint density at radius 3 is 2.45 bits per heavy atom. The van der Waals surface area contributed by atoms with E-state index in [-0.39, 0.29) is 5.41 Å². The first kappa shape index (κ1) is 13.3. The molecule has 1 heterocycles. The SMILES string of the molecule is Cc1ccc(-c2cccnc2)c2c1-c1ccccc1C2(C)C. The fourth-order valence-corrected chi connectivity index (χ4v) is 3.85. The lowest BCUT2D eigenvalue weighted by Gasteiger charge is -2.24. The minimum absolute atomic E-state index is 0.0170. The molecular weight excluding hydrogens is 266 g/mol. The Kier molecular flexibility index (Phi) is 2.74. The van der Waals surface area contributed by atoms with Gasteiger partial charge in [-0.25, -0.2) is 0 Å². The van der Waals surface area contributed by atoms with Gasteiger partial charge in [-0.15, -0.1) is 0 Å². The lowest BCUT2D eigenvalue weighted by molar-refractivity contribution is 0.662. The van der Waals surface area contributed by atoms with Crippen molar-refractivity contribution in [1.82, 2.24) is 4.98 Å². The van der Waals surface area contributed by atoms with Gasteiger partial charge in [0.1, 0.15) is 0 Å². The molecule has 108 valence electrons. The van der Waals surface area contributed by atoms with Gasteiger partial charge in [-0.05, 0) is 46.4 Å². The molecular formula is C21H19N. The average Bonchev–Trinajstić information content (AvgIpc) is 2.79. The van der Waals surface area contributed by atoms with Gasteiger partial charge in [0.05, 0.1) is 0 Å². The van der Waals surface area contributed by atoms with Crippen LogP contribution in [0.5, 0.6) is 0 Å². The fourth-order valence-electron chi connectivity index (χ4n) is 3.85. The van der Waals surface area contributed by atoms with E-state index in [1.807, 2.05) is 18.5 Å². The smallest absolute Gasteiger partial charge is 0.0346 e. The number of hydrogen-bond acceptors (Lipinski definition) is 1. The topological polar surface area (TPSA) is 12.9 Å². The molecule has 1 aliphatic carbocycles.